The van der Waals surface area contributed by atoms with Crippen LogP contribution in [0, 0.1) is 6.92 Å². The van der Waals surface area contributed by atoms with Crippen LogP contribution in [0.3, 0.4) is 0 Å². The van der Waals surface area contributed by atoms with Crippen molar-refractivity contribution in [3.05, 3.63) is 60.1 Å². The van der Waals surface area contributed by atoms with Crippen LogP contribution in [-0.2, 0) is 0 Å². The molecule has 0 saturated carbocycles. The Morgan fingerprint density at radius 2 is 2.27 bits per heavy atom. The van der Waals surface area contributed by atoms with Crippen LogP contribution in [0.15, 0.2) is 48.8 Å². The van der Waals surface area contributed by atoms with Crippen molar-refractivity contribution in [1.82, 2.24) is 4.98 Å². The van der Waals surface area contributed by atoms with Gasteiger partial charge in [0.15, 0.2) is 0 Å². The maximum atomic E-state index is 5.60. The van der Waals surface area contributed by atoms with E-state index >= 15 is 0 Å². The molecule has 2 nitrogen and oxygen atoms in total. The maximum Gasteiger partial charge on any atom is 0.0378 e. The van der Waals surface area contributed by atoms with Crippen molar-refractivity contribution in [2.75, 3.05) is 0 Å². The number of aromatic nitrogens is 1. The van der Waals surface area contributed by atoms with Crippen molar-refractivity contribution in [3.63, 3.8) is 0 Å². The molecule has 0 aliphatic rings. The van der Waals surface area contributed by atoms with Crippen LogP contribution in [0.1, 0.15) is 18.2 Å². The first-order valence-electron chi connectivity index (χ1n) is 4.83. The summed E-state index contributed by atoms with van der Waals surface area (Å²) in [6.07, 6.45) is 7.19. The zero-order valence-corrected chi connectivity index (χ0v) is 9.20. The van der Waals surface area contributed by atoms with Gasteiger partial charge < -0.3 is 5.73 Å². The molecular weight excluding hydrogens is 184 g/mol. The Bertz CT molecular complexity index is 414. The van der Waals surface area contributed by atoms with Crippen LogP contribution < -0.4 is 5.73 Å². The van der Waals surface area contributed by atoms with Crippen molar-refractivity contribution in [2.24, 2.45) is 5.73 Å². The van der Waals surface area contributed by atoms with Gasteiger partial charge in [0.05, 0.1) is 0 Å². The first kappa shape index (κ1) is 11.2. The SMILES string of the molecule is C=C/C(C)=C\C(=C/N)c1ccnc(C)c1. The fraction of sp³-hybridized carbons (Fsp3) is 0.154. The normalized spacial score (nSPS) is 12.7. The molecule has 0 aromatic carbocycles. The zero-order valence-electron chi connectivity index (χ0n) is 9.20. The Balaban J connectivity index is 3.10. The molecule has 0 unspecified atom stereocenters. The number of hydrogen-bond donors (Lipinski definition) is 1. The van der Waals surface area contributed by atoms with Crippen LogP contribution in [0.25, 0.3) is 5.57 Å². The Labute approximate surface area is 90.8 Å². The number of pyridine rings is 1. The second-order valence-corrected chi connectivity index (χ2v) is 3.40. The second-order valence-electron chi connectivity index (χ2n) is 3.40. The molecular formula is C13H16N2. The number of rotatable bonds is 3. The van der Waals surface area contributed by atoms with E-state index in [0.717, 1.165) is 22.4 Å². The lowest BCUT2D eigenvalue weighted by atomic mass is 10.0. The second kappa shape index (κ2) is 5.15. The van der Waals surface area contributed by atoms with Gasteiger partial charge in [-0.05, 0) is 37.1 Å². The topological polar surface area (TPSA) is 38.9 Å². The molecule has 0 amide bonds. The van der Waals surface area contributed by atoms with E-state index in [2.05, 4.69) is 11.6 Å². The third-order valence-corrected chi connectivity index (χ3v) is 2.11. The van der Waals surface area contributed by atoms with Gasteiger partial charge in [0.1, 0.15) is 0 Å². The third-order valence-electron chi connectivity index (χ3n) is 2.11. The predicted molar refractivity (Wildman–Crippen MR) is 65.1 cm³/mol. The van der Waals surface area contributed by atoms with Crippen molar-refractivity contribution >= 4 is 5.57 Å². The molecule has 15 heavy (non-hydrogen) atoms. The first-order chi connectivity index (χ1) is 7.17. The molecule has 0 atom stereocenters. The van der Waals surface area contributed by atoms with Crippen LogP contribution >= 0.6 is 0 Å². The summed E-state index contributed by atoms with van der Waals surface area (Å²) < 4.78 is 0. The van der Waals surface area contributed by atoms with E-state index in [9.17, 15) is 0 Å². The molecule has 1 heterocycles. The molecule has 0 bridgehead atoms. The number of hydrogen-bond acceptors (Lipinski definition) is 2. The molecule has 2 heteroatoms. The molecule has 2 N–H and O–H groups in total. The molecule has 0 spiro atoms. The quantitative estimate of drug-likeness (QED) is 0.762. The summed E-state index contributed by atoms with van der Waals surface area (Å²) in [5, 5.41) is 0. The predicted octanol–water partition coefficient (Wildman–Crippen LogP) is 2.82. The lowest BCUT2D eigenvalue weighted by molar-refractivity contribution is 1.19. The minimum atomic E-state index is 0.983. The van der Waals surface area contributed by atoms with E-state index in [1.54, 1.807) is 18.5 Å². The molecule has 78 valence electrons. The fourth-order valence-electron chi connectivity index (χ4n) is 1.26. The number of aryl methyl sites for hydroxylation is 1. The summed E-state index contributed by atoms with van der Waals surface area (Å²) in [5.41, 5.74) is 9.72. The van der Waals surface area contributed by atoms with Gasteiger partial charge in [-0.3, -0.25) is 4.98 Å². The minimum absolute atomic E-state index is 0.983. The summed E-state index contributed by atoms with van der Waals surface area (Å²) in [7, 11) is 0. The van der Waals surface area contributed by atoms with E-state index in [4.69, 9.17) is 5.73 Å². The molecule has 1 rings (SSSR count). The van der Waals surface area contributed by atoms with Gasteiger partial charge in [0, 0.05) is 18.1 Å². The standard InChI is InChI=1S/C13H16N2/c1-4-10(2)7-13(9-14)12-5-6-15-11(3)8-12/h4-9H,1,14H2,2-3H3/b10-7-,13-9+. The molecule has 0 aliphatic heterocycles. The monoisotopic (exact) mass is 200 g/mol. The molecule has 0 radical (unpaired) electrons. The molecule has 0 saturated heterocycles. The van der Waals surface area contributed by atoms with Gasteiger partial charge in [-0.1, -0.05) is 24.3 Å². The van der Waals surface area contributed by atoms with E-state index in [-0.39, 0.29) is 0 Å². The fourth-order valence-corrected chi connectivity index (χ4v) is 1.26. The van der Waals surface area contributed by atoms with Crippen molar-refractivity contribution < 1.29 is 0 Å². The Morgan fingerprint density at radius 1 is 1.53 bits per heavy atom. The van der Waals surface area contributed by atoms with E-state index < -0.39 is 0 Å². The molecule has 0 aliphatic carbocycles. The average Bonchev–Trinajstić information content (AvgIpc) is 2.25. The lowest BCUT2D eigenvalue weighted by Gasteiger charge is -2.03. The van der Waals surface area contributed by atoms with Gasteiger partial charge >= 0.3 is 0 Å². The highest BCUT2D eigenvalue weighted by Gasteiger charge is 1.98. The highest BCUT2D eigenvalue weighted by molar-refractivity contribution is 5.74. The summed E-state index contributed by atoms with van der Waals surface area (Å²) in [6.45, 7) is 7.66. The highest BCUT2D eigenvalue weighted by Crippen LogP contribution is 2.16. The van der Waals surface area contributed by atoms with Gasteiger partial charge in [0.2, 0.25) is 0 Å². The van der Waals surface area contributed by atoms with Crippen LogP contribution in [0.5, 0.6) is 0 Å². The largest absolute Gasteiger partial charge is 0.404 e. The molecule has 1 aromatic heterocycles. The van der Waals surface area contributed by atoms with Crippen LogP contribution in [0.4, 0.5) is 0 Å². The van der Waals surface area contributed by atoms with E-state index in [1.165, 1.54) is 0 Å². The number of allylic oxidation sites excluding steroid dienone is 4. The Kier molecular flexibility index (Phi) is 3.86. The first-order valence-corrected chi connectivity index (χ1v) is 4.83. The maximum absolute atomic E-state index is 5.60. The highest BCUT2D eigenvalue weighted by atomic mass is 14.6. The summed E-state index contributed by atoms with van der Waals surface area (Å²) >= 11 is 0. The third kappa shape index (κ3) is 3.09. The van der Waals surface area contributed by atoms with Gasteiger partial charge in [-0.2, -0.15) is 0 Å². The van der Waals surface area contributed by atoms with Crippen molar-refractivity contribution in [3.8, 4) is 0 Å². The minimum Gasteiger partial charge on any atom is -0.404 e. The Morgan fingerprint density at radius 3 is 2.80 bits per heavy atom. The zero-order chi connectivity index (χ0) is 11.3. The van der Waals surface area contributed by atoms with Gasteiger partial charge in [-0.25, -0.2) is 0 Å². The van der Waals surface area contributed by atoms with Gasteiger partial charge in [0.25, 0.3) is 0 Å². The Hall–Kier alpha value is -1.83. The summed E-state index contributed by atoms with van der Waals surface area (Å²) in [4.78, 5) is 4.15. The smallest absolute Gasteiger partial charge is 0.0378 e. The molecule has 0 fully saturated rings. The average molecular weight is 200 g/mol. The van der Waals surface area contributed by atoms with Crippen molar-refractivity contribution in [1.29, 1.82) is 0 Å². The number of nitrogens with two attached hydrogens (primary N) is 1. The van der Waals surface area contributed by atoms with Crippen LogP contribution in [-0.4, -0.2) is 4.98 Å². The summed E-state index contributed by atoms with van der Waals surface area (Å²) in [6, 6.07) is 3.95. The summed E-state index contributed by atoms with van der Waals surface area (Å²) in [5.74, 6) is 0. The molecule has 1 aromatic rings. The van der Waals surface area contributed by atoms with Crippen LogP contribution in [0.2, 0.25) is 0 Å². The lowest BCUT2D eigenvalue weighted by Crippen LogP contribution is -1.90. The van der Waals surface area contributed by atoms with E-state index in [0.29, 0.717) is 0 Å². The van der Waals surface area contributed by atoms with Gasteiger partial charge in [-0.15, -0.1) is 0 Å². The van der Waals surface area contributed by atoms with E-state index in [1.807, 2.05) is 32.1 Å². The van der Waals surface area contributed by atoms with Crippen molar-refractivity contribution in [2.45, 2.75) is 13.8 Å². The number of nitrogens with zero attached hydrogens (tertiary/aromatic N) is 1.